The molecule has 1 aliphatic heterocycles. The first kappa shape index (κ1) is 12.3. The van der Waals surface area contributed by atoms with Gasteiger partial charge in [0.25, 0.3) is 0 Å². The van der Waals surface area contributed by atoms with Gasteiger partial charge in [0.2, 0.25) is 5.88 Å². The molecule has 2 heterocycles. The van der Waals surface area contributed by atoms with E-state index in [1.54, 1.807) is 24.3 Å². The molecule has 1 aromatic rings. The van der Waals surface area contributed by atoms with Crippen LogP contribution in [0, 0.1) is 0 Å². The van der Waals surface area contributed by atoms with Gasteiger partial charge in [0, 0.05) is 24.4 Å². The Bertz CT molecular complexity index is 469. The lowest BCUT2D eigenvalue weighted by atomic mass is 10.1. The minimum absolute atomic E-state index is 0.282. The van der Waals surface area contributed by atoms with Crippen LogP contribution in [-0.4, -0.2) is 35.4 Å². The summed E-state index contributed by atoms with van der Waals surface area (Å²) >= 11 is 0. The maximum Gasteiger partial charge on any atom is 0.346 e. The number of amides is 2. The Morgan fingerprint density at radius 3 is 2.83 bits per heavy atom. The van der Waals surface area contributed by atoms with Gasteiger partial charge in [0.15, 0.2) is 0 Å². The molecule has 2 amide bonds. The molecule has 0 radical (unpaired) electrons. The maximum absolute atomic E-state index is 11.7. The average Bonchev–Trinajstić information content (AvgIpc) is 2.65. The molecule has 18 heavy (non-hydrogen) atoms. The number of carbonyl (C=O) groups is 1. The third-order valence-electron chi connectivity index (χ3n) is 2.81. The molecule has 0 aromatic carbocycles. The molecule has 1 unspecified atom stereocenters. The van der Waals surface area contributed by atoms with Crippen LogP contribution in [-0.2, 0) is 0 Å². The van der Waals surface area contributed by atoms with Crippen LogP contribution in [0.1, 0.15) is 24.9 Å². The zero-order chi connectivity index (χ0) is 13.1. The van der Waals surface area contributed by atoms with Crippen LogP contribution < -0.4 is 10.5 Å². The molecule has 2 N–H and O–H groups in total. The van der Waals surface area contributed by atoms with E-state index < -0.39 is 0 Å². The van der Waals surface area contributed by atoms with Crippen molar-refractivity contribution < 1.29 is 9.53 Å². The highest BCUT2D eigenvalue weighted by Gasteiger charge is 2.33. The Hall–Kier alpha value is -2.11. The van der Waals surface area contributed by atoms with E-state index in [0.29, 0.717) is 18.3 Å². The Balaban J connectivity index is 2.28. The maximum atomic E-state index is 11.7. The number of aliphatic imine (C=N–C) groups is 1. The van der Waals surface area contributed by atoms with E-state index in [9.17, 15) is 4.79 Å². The monoisotopic (exact) mass is 248 g/mol. The average molecular weight is 248 g/mol. The number of pyridine rings is 1. The lowest BCUT2D eigenvalue weighted by Crippen LogP contribution is -2.33. The number of nitrogens with zero attached hydrogens (tertiary/aromatic N) is 3. The number of aromatic nitrogens is 1. The Labute approximate surface area is 105 Å². The van der Waals surface area contributed by atoms with Crippen molar-refractivity contribution in [3.05, 3.63) is 23.9 Å². The molecular formula is C12H16N4O2. The summed E-state index contributed by atoms with van der Waals surface area (Å²) in [4.78, 5) is 21.3. The molecule has 6 nitrogen and oxygen atoms in total. The van der Waals surface area contributed by atoms with Crippen LogP contribution in [0.25, 0.3) is 0 Å². The molecule has 2 rings (SSSR count). The predicted molar refractivity (Wildman–Crippen MR) is 67.5 cm³/mol. The van der Waals surface area contributed by atoms with E-state index in [0.717, 1.165) is 12.0 Å². The molecule has 96 valence electrons. The lowest BCUT2D eigenvalue weighted by molar-refractivity contribution is 0.206. The smallest absolute Gasteiger partial charge is 0.346 e. The second-order valence-corrected chi connectivity index (χ2v) is 4.05. The number of ether oxygens (including phenoxy) is 1. The molecule has 6 heteroatoms. The molecule has 0 spiro atoms. The van der Waals surface area contributed by atoms with Crippen molar-refractivity contribution in [1.29, 1.82) is 0 Å². The SMILES string of the molecule is CCCN1C(=O)N=C(N)C1c1ccc(OC)nc1. The summed E-state index contributed by atoms with van der Waals surface area (Å²) < 4.78 is 5.00. The summed E-state index contributed by atoms with van der Waals surface area (Å²) in [7, 11) is 1.56. The van der Waals surface area contributed by atoms with Crippen LogP contribution in [0.5, 0.6) is 5.88 Å². The standard InChI is InChI=1S/C12H16N4O2/c1-3-6-16-10(11(13)15-12(16)17)8-4-5-9(18-2)14-7-8/h4-5,7,10H,3,6H2,1-2H3,(H2,13,15,17). The van der Waals surface area contributed by atoms with Gasteiger partial charge in [0.05, 0.1) is 7.11 Å². The summed E-state index contributed by atoms with van der Waals surface area (Å²) in [5.41, 5.74) is 6.66. The number of urea groups is 1. The van der Waals surface area contributed by atoms with Gasteiger partial charge in [-0.25, -0.2) is 9.78 Å². The Morgan fingerprint density at radius 1 is 1.50 bits per heavy atom. The highest BCUT2D eigenvalue weighted by molar-refractivity contribution is 6.03. The van der Waals surface area contributed by atoms with Crippen LogP contribution in [0.3, 0.4) is 0 Å². The van der Waals surface area contributed by atoms with Crippen LogP contribution in [0.4, 0.5) is 4.79 Å². The number of rotatable bonds is 4. The molecule has 0 bridgehead atoms. The summed E-state index contributed by atoms with van der Waals surface area (Å²) in [5.74, 6) is 0.848. The predicted octanol–water partition coefficient (Wildman–Crippen LogP) is 1.33. The third-order valence-corrected chi connectivity index (χ3v) is 2.81. The van der Waals surface area contributed by atoms with E-state index >= 15 is 0 Å². The van der Waals surface area contributed by atoms with Crippen LogP contribution in [0.15, 0.2) is 23.3 Å². The van der Waals surface area contributed by atoms with Gasteiger partial charge < -0.3 is 15.4 Å². The Morgan fingerprint density at radius 2 is 2.28 bits per heavy atom. The minimum atomic E-state index is -0.309. The molecule has 0 fully saturated rings. The molecule has 0 saturated carbocycles. The zero-order valence-corrected chi connectivity index (χ0v) is 10.5. The second kappa shape index (κ2) is 5.03. The fraction of sp³-hybridized carbons (Fsp3) is 0.417. The highest BCUT2D eigenvalue weighted by Crippen LogP contribution is 2.27. The number of carbonyl (C=O) groups excluding carboxylic acids is 1. The Kier molecular flexibility index (Phi) is 3.45. The number of amidine groups is 1. The van der Waals surface area contributed by atoms with Gasteiger partial charge in [-0.3, -0.25) is 0 Å². The van der Waals surface area contributed by atoms with Crippen LogP contribution >= 0.6 is 0 Å². The number of hydrogen-bond donors (Lipinski definition) is 1. The molecule has 0 saturated heterocycles. The van der Waals surface area contributed by atoms with Crippen molar-refractivity contribution in [1.82, 2.24) is 9.88 Å². The summed E-state index contributed by atoms with van der Waals surface area (Å²) in [6.07, 6.45) is 2.52. The normalized spacial score (nSPS) is 19.0. The van der Waals surface area contributed by atoms with Crippen molar-refractivity contribution in [3.63, 3.8) is 0 Å². The van der Waals surface area contributed by atoms with Crippen molar-refractivity contribution in [2.45, 2.75) is 19.4 Å². The lowest BCUT2D eigenvalue weighted by Gasteiger charge is -2.23. The molecule has 0 aliphatic carbocycles. The number of hydrogen-bond acceptors (Lipinski definition) is 4. The third kappa shape index (κ3) is 2.13. The van der Waals surface area contributed by atoms with Gasteiger partial charge in [-0.05, 0) is 12.5 Å². The minimum Gasteiger partial charge on any atom is -0.481 e. The molecule has 1 aromatic heterocycles. The number of nitrogens with two attached hydrogens (primary N) is 1. The van der Waals surface area contributed by atoms with Gasteiger partial charge >= 0.3 is 6.03 Å². The molecule has 1 aliphatic rings. The fourth-order valence-corrected chi connectivity index (χ4v) is 2.00. The van der Waals surface area contributed by atoms with Gasteiger partial charge in [-0.2, -0.15) is 4.99 Å². The van der Waals surface area contributed by atoms with E-state index in [4.69, 9.17) is 10.5 Å². The van der Waals surface area contributed by atoms with E-state index in [-0.39, 0.29) is 12.1 Å². The van der Waals surface area contributed by atoms with E-state index in [1.165, 1.54) is 0 Å². The van der Waals surface area contributed by atoms with E-state index in [2.05, 4.69) is 9.98 Å². The first-order valence-electron chi connectivity index (χ1n) is 5.82. The van der Waals surface area contributed by atoms with Crippen LogP contribution in [0.2, 0.25) is 0 Å². The largest absolute Gasteiger partial charge is 0.481 e. The molecule has 1 atom stereocenters. The zero-order valence-electron chi connectivity index (χ0n) is 10.5. The first-order valence-corrected chi connectivity index (χ1v) is 5.82. The summed E-state index contributed by atoms with van der Waals surface area (Å²) in [5, 5.41) is 0. The van der Waals surface area contributed by atoms with Crippen molar-refractivity contribution in [2.75, 3.05) is 13.7 Å². The van der Waals surface area contributed by atoms with Crippen molar-refractivity contribution in [3.8, 4) is 5.88 Å². The van der Waals surface area contributed by atoms with Crippen molar-refractivity contribution >= 4 is 11.9 Å². The first-order chi connectivity index (χ1) is 8.67. The van der Waals surface area contributed by atoms with Crippen molar-refractivity contribution in [2.24, 2.45) is 10.7 Å². The molecular weight excluding hydrogens is 232 g/mol. The number of methoxy groups -OCH3 is 1. The van der Waals surface area contributed by atoms with Gasteiger partial charge in [-0.1, -0.05) is 6.92 Å². The van der Waals surface area contributed by atoms with E-state index in [1.807, 2.05) is 13.0 Å². The summed E-state index contributed by atoms with van der Waals surface area (Å²) in [6, 6.07) is 3.00. The topological polar surface area (TPSA) is 80.8 Å². The second-order valence-electron chi connectivity index (χ2n) is 4.05. The summed E-state index contributed by atoms with van der Waals surface area (Å²) in [6.45, 7) is 2.63. The quantitative estimate of drug-likeness (QED) is 0.871. The highest BCUT2D eigenvalue weighted by atomic mass is 16.5. The van der Waals surface area contributed by atoms with Gasteiger partial charge in [-0.15, -0.1) is 0 Å². The fourth-order valence-electron chi connectivity index (χ4n) is 2.00. The van der Waals surface area contributed by atoms with Gasteiger partial charge in [0.1, 0.15) is 11.9 Å².